The summed E-state index contributed by atoms with van der Waals surface area (Å²) in [6.07, 6.45) is 2.54. The van der Waals surface area contributed by atoms with Crippen molar-refractivity contribution in [3.63, 3.8) is 0 Å². The van der Waals surface area contributed by atoms with E-state index >= 15 is 0 Å². The third kappa shape index (κ3) is 3.55. The Balaban J connectivity index is 2.12. The largest absolute Gasteiger partial charge is 0.362 e. The number of aromatic nitrogens is 1. The van der Waals surface area contributed by atoms with Crippen LogP contribution in [0.2, 0.25) is 0 Å². The van der Waals surface area contributed by atoms with Gasteiger partial charge in [-0.25, -0.2) is 8.42 Å². The van der Waals surface area contributed by atoms with E-state index in [9.17, 15) is 8.42 Å². The van der Waals surface area contributed by atoms with Gasteiger partial charge in [0.15, 0.2) is 0 Å². The molecule has 7 heteroatoms. The summed E-state index contributed by atoms with van der Waals surface area (Å²) in [7, 11) is -3.59. The van der Waals surface area contributed by atoms with Gasteiger partial charge in [-0.05, 0) is 24.2 Å². The second kappa shape index (κ2) is 5.85. The van der Waals surface area contributed by atoms with Crippen LogP contribution in [0.25, 0.3) is 0 Å². The Labute approximate surface area is 111 Å². The molecule has 2 N–H and O–H groups in total. The number of anilines is 1. The Hall–Kier alpha value is -1.86. The minimum absolute atomic E-state index is 0.203. The number of nitrogens with one attached hydrogen (secondary N) is 2. The molecule has 0 spiro atoms. The lowest BCUT2D eigenvalue weighted by Gasteiger charge is -2.07. The van der Waals surface area contributed by atoms with Gasteiger partial charge in [-0.1, -0.05) is 24.2 Å². The molecule has 1 aromatic carbocycles. The van der Waals surface area contributed by atoms with Crippen LogP contribution in [-0.4, -0.2) is 20.1 Å². The number of rotatable bonds is 6. The molecular formula is C12H15N3O3S. The molecule has 0 aliphatic heterocycles. The molecule has 0 fully saturated rings. The fourth-order valence-corrected chi connectivity index (χ4v) is 2.55. The van der Waals surface area contributed by atoms with Crippen LogP contribution < -0.4 is 10.0 Å². The molecule has 2 aromatic rings. The van der Waals surface area contributed by atoms with Crippen molar-refractivity contribution in [1.82, 2.24) is 10.5 Å². The molecule has 1 heterocycles. The Morgan fingerprint density at radius 2 is 2.00 bits per heavy atom. The zero-order valence-corrected chi connectivity index (χ0v) is 11.3. The molecule has 2 rings (SSSR count). The monoisotopic (exact) mass is 281 g/mol. The van der Waals surface area contributed by atoms with Gasteiger partial charge in [-0.3, -0.25) is 4.72 Å². The molecule has 0 unspecified atom stereocenters. The van der Waals surface area contributed by atoms with E-state index < -0.39 is 10.0 Å². The molecule has 0 aliphatic carbocycles. The van der Waals surface area contributed by atoms with E-state index in [2.05, 4.69) is 19.7 Å². The van der Waals surface area contributed by atoms with E-state index in [0.717, 1.165) is 18.7 Å². The molecule has 0 saturated carbocycles. The van der Waals surface area contributed by atoms with Gasteiger partial charge < -0.3 is 9.84 Å². The van der Waals surface area contributed by atoms with Crippen molar-refractivity contribution in [1.29, 1.82) is 0 Å². The van der Waals surface area contributed by atoms with Crippen LogP contribution in [0.3, 0.4) is 0 Å². The van der Waals surface area contributed by atoms with E-state index in [0.29, 0.717) is 5.69 Å². The lowest BCUT2D eigenvalue weighted by atomic mass is 10.2. The molecule has 1 aromatic heterocycles. The van der Waals surface area contributed by atoms with E-state index in [4.69, 9.17) is 0 Å². The number of sulfonamides is 1. The van der Waals surface area contributed by atoms with Gasteiger partial charge in [0.1, 0.15) is 12.0 Å². The molecule has 0 bridgehead atoms. The Bertz CT molecular complexity index is 606. The van der Waals surface area contributed by atoms with Gasteiger partial charge in [-0.2, -0.15) is 0 Å². The lowest BCUT2D eigenvalue weighted by Crippen LogP contribution is -2.14. The summed E-state index contributed by atoms with van der Waals surface area (Å²) < 4.78 is 31.0. The molecule has 102 valence electrons. The molecule has 0 atom stereocenters. The summed E-state index contributed by atoms with van der Waals surface area (Å²) in [6, 6.07) is 6.71. The minimum Gasteiger partial charge on any atom is -0.362 e. The topological polar surface area (TPSA) is 84.2 Å². The predicted octanol–water partition coefficient (Wildman–Crippen LogP) is 1.58. The molecule has 19 heavy (non-hydrogen) atoms. The molecule has 6 nitrogen and oxygen atoms in total. The highest BCUT2D eigenvalue weighted by Gasteiger charge is 2.14. The average molecular weight is 281 g/mol. The molecule has 0 radical (unpaired) electrons. The minimum atomic E-state index is -3.59. The van der Waals surface area contributed by atoms with Gasteiger partial charge in [0.25, 0.3) is 10.0 Å². The van der Waals surface area contributed by atoms with Crippen LogP contribution in [0.15, 0.2) is 46.1 Å². The summed E-state index contributed by atoms with van der Waals surface area (Å²) in [5, 5.41) is 6.61. The second-order valence-electron chi connectivity index (χ2n) is 3.94. The fraction of sp³-hybridized carbons (Fsp3) is 0.250. The lowest BCUT2D eigenvalue weighted by molar-refractivity contribution is 0.420. The van der Waals surface area contributed by atoms with Crippen LogP contribution in [-0.2, 0) is 16.6 Å². The number of hydrogen-bond donors (Lipinski definition) is 2. The van der Waals surface area contributed by atoms with Gasteiger partial charge >= 0.3 is 0 Å². The summed E-state index contributed by atoms with van der Waals surface area (Å²) in [4.78, 5) is 0.203. The maximum atomic E-state index is 12.0. The second-order valence-corrected chi connectivity index (χ2v) is 5.63. The zero-order chi connectivity index (χ0) is 13.7. The van der Waals surface area contributed by atoms with Crippen molar-refractivity contribution in [2.75, 3.05) is 11.3 Å². The van der Waals surface area contributed by atoms with Crippen molar-refractivity contribution in [2.45, 2.75) is 18.4 Å². The maximum absolute atomic E-state index is 12.0. The highest BCUT2D eigenvalue weighted by atomic mass is 32.2. The van der Waals surface area contributed by atoms with E-state index in [-0.39, 0.29) is 4.90 Å². The number of nitrogens with zero attached hydrogens (tertiary/aromatic N) is 1. The quantitative estimate of drug-likeness (QED) is 0.840. The summed E-state index contributed by atoms with van der Waals surface area (Å²) >= 11 is 0. The standard InChI is InChI=1S/C12H15N3O3S/c1-2-13-7-10-3-5-12(6-4-10)19(16,17)15-11-8-14-18-9-11/h3-6,8-9,13,15H,2,7H2,1H3. The molecule has 0 saturated heterocycles. The van der Waals surface area contributed by atoms with Crippen LogP contribution in [0.1, 0.15) is 12.5 Å². The molecule has 0 amide bonds. The van der Waals surface area contributed by atoms with Crippen molar-refractivity contribution in [3.05, 3.63) is 42.3 Å². The fourth-order valence-electron chi connectivity index (χ4n) is 1.53. The highest BCUT2D eigenvalue weighted by molar-refractivity contribution is 7.92. The number of benzene rings is 1. The third-order valence-electron chi connectivity index (χ3n) is 2.50. The Kier molecular flexibility index (Phi) is 4.18. The van der Waals surface area contributed by atoms with Crippen molar-refractivity contribution in [2.24, 2.45) is 0 Å². The zero-order valence-electron chi connectivity index (χ0n) is 10.5. The third-order valence-corrected chi connectivity index (χ3v) is 3.89. The van der Waals surface area contributed by atoms with Crippen LogP contribution in [0.4, 0.5) is 5.69 Å². The average Bonchev–Trinajstić information content (AvgIpc) is 2.89. The summed E-state index contributed by atoms with van der Waals surface area (Å²) in [5.74, 6) is 0. The first-order chi connectivity index (χ1) is 9.12. The highest BCUT2D eigenvalue weighted by Crippen LogP contribution is 2.15. The molecular weight excluding hydrogens is 266 g/mol. The first kappa shape index (κ1) is 13.6. The van der Waals surface area contributed by atoms with Crippen LogP contribution in [0, 0.1) is 0 Å². The Morgan fingerprint density at radius 1 is 1.26 bits per heavy atom. The predicted molar refractivity (Wildman–Crippen MR) is 71.1 cm³/mol. The van der Waals surface area contributed by atoms with Crippen LogP contribution >= 0.6 is 0 Å². The first-order valence-corrected chi connectivity index (χ1v) is 7.32. The van der Waals surface area contributed by atoms with Crippen molar-refractivity contribution >= 4 is 15.7 Å². The van der Waals surface area contributed by atoms with Crippen molar-refractivity contribution in [3.8, 4) is 0 Å². The van der Waals surface area contributed by atoms with Gasteiger partial charge in [0.2, 0.25) is 0 Å². The van der Waals surface area contributed by atoms with Crippen molar-refractivity contribution < 1.29 is 12.9 Å². The van der Waals surface area contributed by atoms with Gasteiger partial charge in [0, 0.05) is 6.54 Å². The Morgan fingerprint density at radius 3 is 2.58 bits per heavy atom. The van der Waals surface area contributed by atoms with E-state index in [1.807, 2.05) is 6.92 Å². The smallest absolute Gasteiger partial charge is 0.262 e. The number of hydrogen-bond acceptors (Lipinski definition) is 5. The normalized spacial score (nSPS) is 11.4. The summed E-state index contributed by atoms with van der Waals surface area (Å²) in [5.41, 5.74) is 1.34. The maximum Gasteiger partial charge on any atom is 0.262 e. The van der Waals surface area contributed by atoms with Crippen LogP contribution in [0.5, 0.6) is 0 Å². The van der Waals surface area contributed by atoms with Gasteiger partial charge in [0.05, 0.1) is 11.1 Å². The molecule has 0 aliphatic rings. The van der Waals surface area contributed by atoms with Gasteiger partial charge in [-0.15, -0.1) is 0 Å². The first-order valence-electron chi connectivity index (χ1n) is 5.83. The van der Waals surface area contributed by atoms with E-state index in [1.165, 1.54) is 12.5 Å². The SMILES string of the molecule is CCNCc1ccc(S(=O)(=O)Nc2cnoc2)cc1. The summed E-state index contributed by atoms with van der Waals surface area (Å²) in [6.45, 7) is 3.60. The van der Waals surface area contributed by atoms with E-state index in [1.54, 1.807) is 24.3 Å².